The summed E-state index contributed by atoms with van der Waals surface area (Å²) in [6.45, 7) is 7.89. The van der Waals surface area contributed by atoms with E-state index in [1.54, 1.807) is 0 Å². The van der Waals surface area contributed by atoms with Gasteiger partial charge in [0.2, 0.25) is 0 Å². The summed E-state index contributed by atoms with van der Waals surface area (Å²) in [5.74, 6) is 0. The lowest BCUT2D eigenvalue weighted by Gasteiger charge is -2.38. The zero-order valence-corrected chi connectivity index (χ0v) is 12.4. The molecule has 3 saturated heterocycles. The molecule has 7 heteroatoms. The topological polar surface area (TPSA) is 48.8 Å². The molecule has 0 N–H and O–H groups in total. The number of aromatic nitrogens is 2. The lowest BCUT2D eigenvalue weighted by atomic mass is 10.4. The van der Waals surface area contributed by atoms with Gasteiger partial charge in [0.1, 0.15) is 0 Å². The van der Waals surface area contributed by atoms with Crippen molar-refractivity contribution in [1.82, 2.24) is 14.7 Å². The summed E-state index contributed by atoms with van der Waals surface area (Å²) >= 11 is 0. The SMILES string of the molecule is Cc1ccn(CC[Si]23OCCN(CCO2)CCO3)n1. The van der Waals surface area contributed by atoms with E-state index in [0.717, 1.165) is 37.9 Å². The minimum absolute atomic E-state index is 0.713. The van der Waals surface area contributed by atoms with E-state index in [9.17, 15) is 0 Å². The molecule has 2 bridgehead atoms. The van der Waals surface area contributed by atoms with Crippen LogP contribution >= 0.6 is 0 Å². The number of rotatable bonds is 3. The van der Waals surface area contributed by atoms with Crippen molar-refractivity contribution in [3.05, 3.63) is 18.0 Å². The third-order valence-electron chi connectivity index (χ3n) is 3.61. The molecule has 3 fully saturated rings. The van der Waals surface area contributed by atoms with Crippen LogP contribution in [0.4, 0.5) is 0 Å². The van der Waals surface area contributed by atoms with E-state index in [1.165, 1.54) is 0 Å². The number of hydrogen-bond acceptors (Lipinski definition) is 5. The summed E-state index contributed by atoms with van der Waals surface area (Å²) in [7, 11) is -2.49. The van der Waals surface area contributed by atoms with Crippen LogP contribution in [0.1, 0.15) is 5.69 Å². The summed E-state index contributed by atoms with van der Waals surface area (Å²) in [6, 6.07) is 2.81. The fraction of sp³-hybridized carbons (Fsp3) is 0.750. The number of aryl methyl sites for hydroxylation is 2. The Hall–Kier alpha value is -0.733. The molecule has 0 aliphatic carbocycles. The molecule has 106 valence electrons. The molecule has 0 radical (unpaired) electrons. The first-order valence-corrected chi connectivity index (χ1v) is 8.83. The maximum Gasteiger partial charge on any atom is 0.502 e. The Morgan fingerprint density at radius 3 is 2.32 bits per heavy atom. The van der Waals surface area contributed by atoms with Gasteiger partial charge < -0.3 is 13.3 Å². The van der Waals surface area contributed by atoms with Gasteiger partial charge in [-0.25, -0.2) is 0 Å². The van der Waals surface area contributed by atoms with Crippen LogP contribution in [0.15, 0.2) is 12.3 Å². The highest BCUT2D eigenvalue weighted by Crippen LogP contribution is 2.20. The summed E-state index contributed by atoms with van der Waals surface area (Å²) in [6.07, 6.45) is 1.99. The summed E-state index contributed by atoms with van der Waals surface area (Å²) in [4.78, 5) is 2.33. The molecular weight excluding hydrogens is 262 g/mol. The van der Waals surface area contributed by atoms with Crippen LogP contribution < -0.4 is 0 Å². The monoisotopic (exact) mass is 283 g/mol. The molecule has 3 aliphatic rings. The van der Waals surface area contributed by atoms with Crippen LogP contribution in [0.2, 0.25) is 6.04 Å². The highest BCUT2D eigenvalue weighted by molar-refractivity contribution is 6.60. The van der Waals surface area contributed by atoms with Gasteiger partial charge in [-0.3, -0.25) is 9.58 Å². The molecule has 0 atom stereocenters. The Kier molecular flexibility index (Phi) is 3.99. The Balaban J connectivity index is 1.65. The van der Waals surface area contributed by atoms with E-state index in [2.05, 4.69) is 10.00 Å². The highest BCUT2D eigenvalue weighted by Gasteiger charge is 2.43. The van der Waals surface area contributed by atoms with Gasteiger partial charge in [0, 0.05) is 38.4 Å². The molecule has 1 aromatic rings. The maximum absolute atomic E-state index is 5.98. The lowest BCUT2D eigenvalue weighted by Crippen LogP contribution is -2.55. The second-order valence-corrected chi connectivity index (χ2v) is 7.77. The van der Waals surface area contributed by atoms with Gasteiger partial charge in [-0.1, -0.05) is 0 Å². The first-order valence-electron chi connectivity index (χ1n) is 6.90. The molecule has 1 aromatic heterocycles. The largest absolute Gasteiger partial charge is 0.502 e. The van der Waals surface area contributed by atoms with E-state index in [0.29, 0.717) is 19.8 Å². The zero-order chi connectivity index (χ0) is 13.1. The maximum atomic E-state index is 5.98. The fourth-order valence-corrected chi connectivity index (χ4v) is 4.90. The molecule has 0 spiro atoms. The van der Waals surface area contributed by atoms with Gasteiger partial charge in [-0.05, 0) is 13.0 Å². The Morgan fingerprint density at radius 2 is 1.79 bits per heavy atom. The minimum Gasteiger partial charge on any atom is -0.372 e. The quantitative estimate of drug-likeness (QED) is 0.757. The standard InChI is InChI=1S/C12H21N3O3Si/c1-12-2-3-15(13-12)7-11-19-16-8-4-14(5-9-17-19)6-10-18-19/h2-3H,4-11H2,1H3. The third-order valence-corrected chi connectivity index (χ3v) is 6.38. The minimum atomic E-state index is -2.49. The van der Waals surface area contributed by atoms with E-state index in [1.807, 2.05) is 23.9 Å². The smallest absolute Gasteiger partial charge is 0.372 e. The van der Waals surface area contributed by atoms with Crippen molar-refractivity contribution in [1.29, 1.82) is 0 Å². The van der Waals surface area contributed by atoms with Crippen molar-refractivity contribution >= 4 is 8.80 Å². The summed E-state index contributed by atoms with van der Waals surface area (Å²) < 4.78 is 19.9. The average molecular weight is 283 g/mol. The third kappa shape index (κ3) is 3.24. The van der Waals surface area contributed by atoms with Gasteiger partial charge in [0.25, 0.3) is 0 Å². The van der Waals surface area contributed by atoms with Crippen LogP contribution in [0, 0.1) is 6.92 Å². The molecule has 19 heavy (non-hydrogen) atoms. The molecular formula is C12H21N3O3Si. The van der Waals surface area contributed by atoms with Gasteiger partial charge in [0.15, 0.2) is 0 Å². The van der Waals surface area contributed by atoms with Gasteiger partial charge >= 0.3 is 8.80 Å². The van der Waals surface area contributed by atoms with Crippen LogP contribution in [-0.2, 0) is 19.8 Å². The van der Waals surface area contributed by atoms with Crippen LogP contribution in [0.5, 0.6) is 0 Å². The zero-order valence-electron chi connectivity index (χ0n) is 11.4. The van der Waals surface area contributed by atoms with Crippen molar-refractivity contribution in [3.63, 3.8) is 0 Å². The van der Waals surface area contributed by atoms with E-state index in [4.69, 9.17) is 13.3 Å². The van der Waals surface area contributed by atoms with Crippen LogP contribution in [0.3, 0.4) is 0 Å². The van der Waals surface area contributed by atoms with Gasteiger partial charge in [-0.15, -0.1) is 0 Å². The van der Waals surface area contributed by atoms with Gasteiger partial charge in [-0.2, -0.15) is 5.10 Å². The van der Waals surface area contributed by atoms with E-state index in [-0.39, 0.29) is 0 Å². The van der Waals surface area contributed by atoms with Crippen LogP contribution in [-0.4, -0.2) is 62.9 Å². The van der Waals surface area contributed by atoms with E-state index < -0.39 is 8.80 Å². The molecule has 4 heterocycles. The number of hydrogen-bond donors (Lipinski definition) is 0. The molecule has 3 aliphatic heterocycles. The summed E-state index contributed by atoms with van der Waals surface area (Å²) in [5, 5.41) is 4.40. The number of fused-ring (bicyclic) bond motifs is 6. The van der Waals surface area contributed by atoms with Crippen molar-refractivity contribution < 1.29 is 13.3 Å². The predicted octanol–water partition coefficient (Wildman–Crippen LogP) is 0.509. The first kappa shape index (κ1) is 13.3. The van der Waals surface area contributed by atoms with Crippen molar-refractivity contribution in [2.24, 2.45) is 0 Å². The lowest BCUT2D eigenvalue weighted by molar-refractivity contribution is -0.00897. The van der Waals surface area contributed by atoms with Crippen LogP contribution in [0.25, 0.3) is 0 Å². The predicted molar refractivity (Wildman–Crippen MR) is 71.8 cm³/mol. The molecule has 6 nitrogen and oxygen atoms in total. The van der Waals surface area contributed by atoms with Crippen molar-refractivity contribution in [3.8, 4) is 0 Å². The van der Waals surface area contributed by atoms with Crippen molar-refractivity contribution in [2.75, 3.05) is 39.5 Å². The molecule has 0 unspecified atom stereocenters. The number of nitrogens with zero attached hydrogens (tertiary/aromatic N) is 3. The van der Waals surface area contributed by atoms with E-state index >= 15 is 0 Å². The first-order chi connectivity index (χ1) is 9.26. The average Bonchev–Trinajstić information content (AvgIpc) is 2.72. The molecule has 0 amide bonds. The highest BCUT2D eigenvalue weighted by atomic mass is 28.4. The molecule has 4 rings (SSSR count). The van der Waals surface area contributed by atoms with Gasteiger partial charge in [0.05, 0.1) is 25.5 Å². The summed E-state index contributed by atoms with van der Waals surface area (Å²) in [5.41, 5.74) is 1.04. The Morgan fingerprint density at radius 1 is 1.16 bits per heavy atom. The Bertz CT molecular complexity index is 400. The molecule has 0 saturated carbocycles. The second kappa shape index (κ2) is 5.72. The fourth-order valence-electron chi connectivity index (χ4n) is 2.51. The second-order valence-electron chi connectivity index (χ2n) is 5.04. The molecule has 0 aromatic carbocycles. The van der Waals surface area contributed by atoms with Crippen molar-refractivity contribution in [2.45, 2.75) is 19.5 Å². The Labute approximate surface area is 114 Å². The normalized spacial score (nSPS) is 31.7.